The standard InChI is InChI=1S/C13H16O4/c1-5-8-11-7(2)9(15-3)6-10(16-4)12(11)13(14)17-8/h6,8H,5H2,1-4H3. The minimum atomic E-state index is -0.311. The molecule has 1 aliphatic rings. The lowest BCUT2D eigenvalue weighted by Gasteiger charge is -2.14. The Kier molecular flexibility index (Phi) is 2.96. The van der Waals surface area contributed by atoms with Crippen LogP contribution in [0.15, 0.2) is 6.07 Å². The molecule has 0 fully saturated rings. The monoisotopic (exact) mass is 236 g/mol. The van der Waals surface area contributed by atoms with Crippen molar-refractivity contribution in [3.8, 4) is 11.5 Å². The van der Waals surface area contributed by atoms with Crippen LogP contribution in [0, 0.1) is 6.92 Å². The first kappa shape index (κ1) is 11.8. The van der Waals surface area contributed by atoms with Crippen LogP contribution in [0.2, 0.25) is 0 Å². The van der Waals surface area contributed by atoms with Gasteiger partial charge in [0.05, 0.1) is 14.2 Å². The third-order valence-corrected chi connectivity index (χ3v) is 3.14. The highest BCUT2D eigenvalue weighted by molar-refractivity contribution is 5.98. The van der Waals surface area contributed by atoms with E-state index in [-0.39, 0.29) is 12.1 Å². The van der Waals surface area contributed by atoms with E-state index >= 15 is 0 Å². The largest absolute Gasteiger partial charge is 0.496 e. The fraction of sp³-hybridized carbons (Fsp3) is 0.462. The van der Waals surface area contributed by atoms with Gasteiger partial charge in [0, 0.05) is 11.6 Å². The zero-order chi connectivity index (χ0) is 12.6. The predicted molar refractivity (Wildman–Crippen MR) is 62.7 cm³/mol. The number of ether oxygens (including phenoxy) is 3. The molecule has 1 atom stereocenters. The van der Waals surface area contributed by atoms with Crippen LogP contribution in [0.1, 0.15) is 40.9 Å². The second-order valence-corrected chi connectivity index (χ2v) is 4.00. The molecule has 0 N–H and O–H groups in total. The van der Waals surface area contributed by atoms with Gasteiger partial charge in [0.1, 0.15) is 23.2 Å². The Balaban J connectivity index is 2.70. The van der Waals surface area contributed by atoms with Crippen molar-refractivity contribution in [2.45, 2.75) is 26.4 Å². The number of methoxy groups -OCH3 is 2. The molecule has 1 aliphatic heterocycles. The fourth-order valence-corrected chi connectivity index (χ4v) is 2.27. The summed E-state index contributed by atoms with van der Waals surface area (Å²) in [7, 11) is 3.14. The van der Waals surface area contributed by atoms with E-state index in [0.29, 0.717) is 11.3 Å². The van der Waals surface area contributed by atoms with Crippen molar-refractivity contribution < 1.29 is 19.0 Å². The SMILES string of the molecule is CCC1OC(=O)c2c(OC)cc(OC)c(C)c21. The molecule has 0 saturated carbocycles. The molecule has 2 rings (SSSR count). The first-order valence-corrected chi connectivity index (χ1v) is 5.60. The molecule has 4 heteroatoms. The number of hydrogen-bond donors (Lipinski definition) is 0. The molecule has 0 spiro atoms. The topological polar surface area (TPSA) is 44.8 Å². The van der Waals surface area contributed by atoms with Crippen molar-refractivity contribution in [2.75, 3.05) is 14.2 Å². The van der Waals surface area contributed by atoms with Crippen LogP contribution in [0.3, 0.4) is 0 Å². The van der Waals surface area contributed by atoms with Gasteiger partial charge in [-0.15, -0.1) is 0 Å². The molecule has 0 bridgehead atoms. The highest BCUT2D eigenvalue weighted by Crippen LogP contribution is 2.43. The Bertz CT molecular complexity index is 465. The molecule has 0 aromatic heterocycles. The lowest BCUT2D eigenvalue weighted by Crippen LogP contribution is -2.01. The van der Waals surface area contributed by atoms with E-state index in [9.17, 15) is 4.79 Å². The van der Waals surface area contributed by atoms with Gasteiger partial charge in [0.25, 0.3) is 0 Å². The molecule has 0 radical (unpaired) electrons. The van der Waals surface area contributed by atoms with E-state index in [2.05, 4.69) is 0 Å². The van der Waals surface area contributed by atoms with Gasteiger partial charge in [-0.3, -0.25) is 0 Å². The van der Waals surface area contributed by atoms with Crippen LogP contribution >= 0.6 is 0 Å². The normalized spacial score (nSPS) is 17.6. The lowest BCUT2D eigenvalue weighted by atomic mass is 9.96. The molecular weight excluding hydrogens is 220 g/mol. The number of cyclic esters (lactones) is 1. The van der Waals surface area contributed by atoms with E-state index in [1.54, 1.807) is 13.2 Å². The number of carbonyl (C=O) groups is 1. The fourth-order valence-electron chi connectivity index (χ4n) is 2.27. The lowest BCUT2D eigenvalue weighted by molar-refractivity contribution is 0.0376. The quantitative estimate of drug-likeness (QED) is 0.757. The molecule has 1 aromatic carbocycles. The second-order valence-electron chi connectivity index (χ2n) is 4.00. The summed E-state index contributed by atoms with van der Waals surface area (Å²) in [6.45, 7) is 3.92. The van der Waals surface area contributed by atoms with Crippen molar-refractivity contribution in [3.05, 3.63) is 22.8 Å². The second kappa shape index (κ2) is 4.28. The Labute approximate surface area is 100 Å². The summed E-state index contributed by atoms with van der Waals surface area (Å²) in [5, 5.41) is 0. The molecule has 1 unspecified atom stereocenters. The number of benzene rings is 1. The number of esters is 1. The van der Waals surface area contributed by atoms with Gasteiger partial charge in [-0.2, -0.15) is 0 Å². The van der Waals surface area contributed by atoms with Crippen molar-refractivity contribution in [3.63, 3.8) is 0 Å². The number of rotatable bonds is 3. The molecule has 0 aliphatic carbocycles. The van der Waals surface area contributed by atoms with Crippen LogP contribution in [0.5, 0.6) is 11.5 Å². The predicted octanol–water partition coefficient (Wildman–Crippen LogP) is 2.63. The van der Waals surface area contributed by atoms with Gasteiger partial charge in [-0.25, -0.2) is 4.79 Å². The smallest absolute Gasteiger partial charge is 0.342 e. The number of fused-ring (bicyclic) bond motifs is 1. The molecule has 1 heterocycles. The van der Waals surface area contributed by atoms with Gasteiger partial charge in [0.15, 0.2) is 0 Å². The molecule has 0 amide bonds. The van der Waals surface area contributed by atoms with E-state index in [0.717, 1.165) is 23.3 Å². The first-order valence-electron chi connectivity index (χ1n) is 5.60. The number of carbonyl (C=O) groups excluding carboxylic acids is 1. The van der Waals surface area contributed by atoms with Gasteiger partial charge in [-0.1, -0.05) is 6.92 Å². The molecule has 0 saturated heterocycles. The summed E-state index contributed by atoms with van der Waals surface area (Å²) in [5.74, 6) is 0.926. The van der Waals surface area contributed by atoms with Crippen molar-refractivity contribution in [1.82, 2.24) is 0 Å². The van der Waals surface area contributed by atoms with E-state index in [4.69, 9.17) is 14.2 Å². The maximum absolute atomic E-state index is 11.8. The highest BCUT2D eigenvalue weighted by atomic mass is 16.6. The van der Waals surface area contributed by atoms with Crippen molar-refractivity contribution in [1.29, 1.82) is 0 Å². The van der Waals surface area contributed by atoms with Crippen molar-refractivity contribution >= 4 is 5.97 Å². The summed E-state index contributed by atoms with van der Waals surface area (Å²) >= 11 is 0. The summed E-state index contributed by atoms with van der Waals surface area (Å²) in [6.07, 6.45) is 0.553. The van der Waals surface area contributed by atoms with Crippen LogP contribution in [-0.2, 0) is 4.74 Å². The van der Waals surface area contributed by atoms with Gasteiger partial charge in [-0.05, 0) is 18.9 Å². The highest BCUT2D eigenvalue weighted by Gasteiger charge is 2.36. The Hall–Kier alpha value is -1.71. The summed E-state index contributed by atoms with van der Waals surface area (Å²) < 4.78 is 15.9. The van der Waals surface area contributed by atoms with Crippen LogP contribution < -0.4 is 9.47 Å². The summed E-state index contributed by atoms with van der Waals surface area (Å²) in [6, 6.07) is 1.73. The molecular formula is C13H16O4. The molecule has 92 valence electrons. The maximum Gasteiger partial charge on any atom is 0.342 e. The number of hydrogen-bond acceptors (Lipinski definition) is 4. The zero-order valence-corrected chi connectivity index (χ0v) is 10.5. The molecule has 4 nitrogen and oxygen atoms in total. The minimum Gasteiger partial charge on any atom is -0.496 e. The Morgan fingerprint density at radius 2 is 1.94 bits per heavy atom. The summed E-state index contributed by atoms with van der Waals surface area (Å²) in [4.78, 5) is 11.8. The van der Waals surface area contributed by atoms with Crippen molar-refractivity contribution in [2.24, 2.45) is 0 Å². The summed E-state index contributed by atoms with van der Waals surface area (Å²) in [5.41, 5.74) is 2.38. The Morgan fingerprint density at radius 1 is 1.29 bits per heavy atom. The van der Waals surface area contributed by atoms with Crippen LogP contribution in [0.25, 0.3) is 0 Å². The van der Waals surface area contributed by atoms with Crippen LogP contribution in [-0.4, -0.2) is 20.2 Å². The van der Waals surface area contributed by atoms with Gasteiger partial charge < -0.3 is 14.2 Å². The third kappa shape index (κ3) is 1.64. The van der Waals surface area contributed by atoms with E-state index in [1.807, 2.05) is 13.8 Å². The van der Waals surface area contributed by atoms with Gasteiger partial charge in [0.2, 0.25) is 0 Å². The Morgan fingerprint density at radius 3 is 2.47 bits per heavy atom. The van der Waals surface area contributed by atoms with E-state index in [1.165, 1.54) is 7.11 Å². The third-order valence-electron chi connectivity index (χ3n) is 3.14. The van der Waals surface area contributed by atoms with Gasteiger partial charge >= 0.3 is 5.97 Å². The maximum atomic E-state index is 11.8. The average molecular weight is 236 g/mol. The van der Waals surface area contributed by atoms with E-state index < -0.39 is 0 Å². The molecule has 1 aromatic rings. The first-order chi connectivity index (χ1) is 8.13. The minimum absolute atomic E-state index is 0.193. The zero-order valence-electron chi connectivity index (χ0n) is 10.5. The van der Waals surface area contributed by atoms with Crippen LogP contribution in [0.4, 0.5) is 0 Å². The molecule has 17 heavy (non-hydrogen) atoms. The average Bonchev–Trinajstić information content (AvgIpc) is 2.68.